The summed E-state index contributed by atoms with van der Waals surface area (Å²) in [5, 5.41) is 14.8. The zero-order chi connectivity index (χ0) is 15.6. The highest BCUT2D eigenvalue weighted by Crippen LogP contribution is 2.27. The lowest BCUT2D eigenvalue weighted by Crippen LogP contribution is -2.56. The van der Waals surface area contributed by atoms with Crippen LogP contribution < -0.4 is 4.74 Å². The second kappa shape index (κ2) is 6.10. The number of aryl methyl sites for hydroxylation is 1. The number of hydrogen-bond donors (Lipinski definition) is 1. The van der Waals surface area contributed by atoms with E-state index in [1.54, 1.807) is 0 Å². The minimum atomic E-state index is -0.807. The van der Waals surface area contributed by atoms with Gasteiger partial charge in [-0.2, -0.15) is 5.10 Å². The summed E-state index contributed by atoms with van der Waals surface area (Å²) in [6, 6.07) is 11.7. The first-order valence-corrected chi connectivity index (χ1v) is 7.68. The van der Waals surface area contributed by atoms with Crippen molar-refractivity contribution < 1.29 is 9.84 Å². The van der Waals surface area contributed by atoms with Crippen LogP contribution in [0.25, 0.3) is 0 Å². The van der Waals surface area contributed by atoms with Crippen molar-refractivity contribution in [3.63, 3.8) is 0 Å². The van der Waals surface area contributed by atoms with Gasteiger partial charge in [0.15, 0.2) is 0 Å². The fourth-order valence-electron chi connectivity index (χ4n) is 2.82. The molecule has 0 amide bonds. The number of ether oxygens (including phenoxy) is 1. The smallest absolute Gasteiger partial charge is 0.140 e. The molecular formula is C17H23N3O2. The molecule has 3 rings (SSSR count). The lowest BCUT2D eigenvalue weighted by molar-refractivity contribution is -0.0967. The van der Waals surface area contributed by atoms with E-state index in [0.717, 1.165) is 18.8 Å². The summed E-state index contributed by atoms with van der Waals surface area (Å²) < 4.78 is 7.92. The van der Waals surface area contributed by atoms with E-state index in [4.69, 9.17) is 4.74 Å². The molecule has 0 aliphatic carbocycles. The van der Waals surface area contributed by atoms with Gasteiger partial charge >= 0.3 is 0 Å². The second-order valence-corrected chi connectivity index (χ2v) is 6.21. The Morgan fingerprint density at radius 1 is 1.32 bits per heavy atom. The molecule has 22 heavy (non-hydrogen) atoms. The van der Waals surface area contributed by atoms with Crippen LogP contribution in [0, 0.1) is 0 Å². The summed E-state index contributed by atoms with van der Waals surface area (Å²) in [5.74, 6) is 0.801. The van der Waals surface area contributed by atoms with E-state index in [-0.39, 0.29) is 6.10 Å². The van der Waals surface area contributed by atoms with Crippen LogP contribution in [0.15, 0.2) is 42.6 Å². The number of rotatable bonds is 4. The Morgan fingerprint density at radius 2 is 2.09 bits per heavy atom. The molecule has 118 valence electrons. The molecule has 5 heteroatoms. The Bertz CT molecular complexity index is 609. The van der Waals surface area contributed by atoms with Gasteiger partial charge in [-0.15, -0.1) is 0 Å². The average Bonchev–Trinajstić information content (AvgIpc) is 2.89. The molecule has 1 aromatic heterocycles. The fraction of sp³-hybridized carbons (Fsp3) is 0.471. The van der Waals surface area contributed by atoms with Crippen LogP contribution in [0.1, 0.15) is 19.0 Å². The predicted molar refractivity (Wildman–Crippen MR) is 84.6 cm³/mol. The van der Waals surface area contributed by atoms with Crippen LogP contribution in [-0.2, 0) is 13.6 Å². The van der Waals surface area contributed by atoms with E-state index >= 15 is 0 Å². The normalized spacial score (nSPS) is 26.0. The van der Waals surface area contributed by atoms with Gasteiger partial charge in [-0.3, -0.25) is 9.58 Å². The van der Waals surface area contributed by atoms with Crippen molar-refractivity contribution in [2.24, 2.45) is 7.05 Å². The van der Waals surface area contributed by atoms with Crippen molar-refractivity contribution in [3.8, 4) is 5.75 Å². The lowest BCUT2D eigenvalue weighted by Gasteiger charge is -2.42. The van der Waals surface area contributed by atoms with Crippen LogP contribution in [0.5, 0.6) is 5.75 Å². The largest absolute Gasteiger partial charge is 0.486 e. The van der Waals surface area contributed by atoms with Crippen LogP contribution in [-0.4, -0.2) is 44.6 Å². The number of likely N-dealkylation sites (tertiary alicyclic amines) is 1. The highest BCUT2D eigenvalue weighted by atomic mass is 16.5. The maximum atomic E-state index is 10.6. The molecule has 1 aliphatic rings. The highest BCUT2D eigenvalue weighted by Gasteiger charge is 2.39. The summed E-state index contributed by atoms with van der Waals surface area (Å²) in [4.78, 5) is 2.31. The van der Waals surface area contributed by atoms with E-state index in [1.807, 2.05) is 61.2 Å². The molecule has 0 bridgehead atoms. The summed E-state index contributed by atoms with van der Waals surface area (Å²) in [6.45, 7) is 4.24. The molecule has 2 aromatic rings. The predicted octanol–water partition coefficient (Wildman–Crippen LogP) is 1.82. The molecule has 2 atom stereocenters. The molecule has 0 saturated carbocycles. The lowest BCUT2D eigenvalue weighted by atomic mass is 9.90. The number of para-hydroxylation sites is 1. The van der Waals surface area contributed by atoms with Crippen LogP contribution in [0.2, 0.25) is 0 Å². The zero-order valence-electron chi connectivity index (χ0n) is 13.1. The topological polar surface area (TPSA) is 50.5 Å². The van der Waals surface area contributed by atoms with Gasteiger partial charge in [-0.1, -0.05) is 18.2 Å². The van der Waals surface area contributed by atoms with Crippen molar-refractivity contribution in [3.05, 3.63) is 48.3 Å². The Labute approximate surface area is 131 Å². The first-order valence-electron chi connectivity index (χ1n) is 7.68. The molecule has 0 radical (unpaired) electrons. The van der Waals surface area contributed by atoms with Gasteiger partial charge in [0.2, 0.25) is 0 Å². The third-order valence-electron chi connectivity index (χ3n) is 4.38. The van der Waals surface area contributed by atoms with Crippen LogP contribution in [0.4, 0.5) is 0 Å². The minimum absolute atomic E-state index is 0.239. The van der Waals surface area contributed by atoms with E-state index in [9.17, 15) is 5.11 Å². The van der Waals surface area contributed by atoms with Crippen molar-refractivity contribution in [1.29, 1.82) is 0 Å². The van der Waals surface area contributed by atoms with Crippen molar-refractivity contribution in [2.45, 2.75) is 31.6 Å². The standard InChI is InChI=1S/C17H23N3O2/c1-17(21)9-11-20(12-14-8-10-18-19(14)2)13-16(17)22-15-6-4-3-5-7-15/h3-8,10,16,21H,9,11-13H2,1-2H3/t16-,17-/m1/s1. The Balaban J connectivity index is 1.69. The van der Waals surface area contributed by atoms with Gasteiger partial charge in [0.1, 0.15) is 17.5 Å². The number of nitrogens with zero attached hydrogens (tertiary/aromatic N) is 3. The Hall–Kier alpha value is -1.85. The third kappa shape index (κ3) is 3.31. The van der Waals surface area contributed by atoms with Gasteiger partial charge in [0, 0.05) is 32.9 Å². The van der Waals surface area contributed by atoms with Crippen molar-refractivity contribution >= 4 is 0 Å². The molecule has 2 heterocycles. The summed E-state index contributed by atoms with van der Waals surface area (Å²) in [7, 11) is 1.95. The van der Waals surface area contributed by atoms with E-state index < -0.39 is 5.60 Å². The Kier molecular flexibility index (Phi) is 4.18. The quantitative estimate of drug-likeness (QED) is 0.936. The molecule has 1 fully saturated rings. The zero-order valence-corrected chi connectivity index (χ0v) is 13.1. The summed E-state index contributed by atoms with van der Waals surface area (Å²) in [6.07, 6.45) is 2.27. The van der Waals surface area contributed by atoms with Gasteiger partial charge in [-0.05, 0) is 31.5 Å². The summed E-state index contributed by atoms with van der Waals surface area (Å²) in [5.41, 5.74) is 0.360. The maximum absolute atomic E-state index is 10.6. The minimum Gasteiger partial charge on any atom is -0.486 e. The first-order chi connectivity index (χ1) is 10.5. The van der Waals surface area contributed by atoms with Gasteiger partial charge in [-0.25, -0.2) is 0 Å². The third-order valence-corrected chi connectivity index (χ3v) is 4.38. The average molecular weight is 301 g/mol. The second-order valence-electron chi connectivity index (χ2n) is 6.21. The van der Waals surface area contributed by atoms with E-state index in [1.165, 1.54) is 5.69 Å². The number of piperidine rings is 1. The molecule has 1 N–H and O–H groups in total. The molecule has 1 aliphatic heterocycles. The molecule has 5 nitrogen and oxygen atoms in total. The highest BCUT2D eigenvalue weighted by molar-refractivity contribution is 5.22. The molecule has 1 saturated heterocycles. The number of benzene rings is 1. The monoisotopic (exact) mass is 301 g/mol. The maximum Gasteiger partial charge on any atom is 0.140 e. The van der Waals surface area contributed by atoms with Gasteiger partial charge in [0.05, 0.1) is 5.69 Å². The van der Waals surface area contributed by atoms with Crippen molar-refractivity contribution in [2.75, 3.05) is 13.1 Å². The molecule has 0 spiro atoms. The van der Waals surface area contributed by atoms with E-state index in [0.29, 0.717) is 13.0 Å². The fourth-order valence-corrected chi connectivity index (χ4v) is 2.82. The SMILES string of the molecule is Cn1nccc1CN1CC[C@@](C)(O)[C@H](Oc2ccccc2)C1. The molecule has 1 aromatic carbocycles. The molecular weight excluding hydrogens is 278 g/mol. The van der Waals surface area contributed by atoms with Gasteiger partial charge < -0.3 is 9.84 Å². The molecule has 0 unspecified atom stereocenters. The number of hydrogen-bond acceptors (Lipinski definition) is 4. The summed E-state index contributed by atoms with van der Waals surface area (Å²) >= 11 is 0. The van der Waals surface area contributed by atoms with Gasteiger partial charge in [0.25, 0.3) is 0 Å². The number of aromatic nitrogens is 2. The Morgan fingerprint density at radius 3 is 2.77 bits per heavy atom. The van der Waals surface area contributed by atoms with E-state index in [2.05, 4.69) is 10.00 Å². The first kappa shape index (κ1) is 15.1. The van der Waals surface area contributed by atoms with Crippen LogP contribution >= 0.6 is 0 Å². The van der Waals surface area contributed by atoms with Crippen LogP contribution in [0.3, 0.4) is 0 Å². The number of aliphatic hydroxyl groups is 1. The van der Waals surface area contributed by atoms with Crippen molar-refractivity contribution in [1.82, 2.24) is 14.7 Å².